The van der Waals surface area contributed by atoms with Gasteiger partial charge >= 0.3 is 35.9 Å². The molecular formula is C65H94N12O19S3. The fourth-order valence-electron chi connectivity index (χ4n) is 12.1. The number of fused-ring (bicyclic) bond motifs is 4. The molecule has 3 saturated heterocycles. The predicted octanol–water partition coefficient (Wildman–Crippen LogP) is -0.200. The number of amides is 9. The van der Waals surface area contributed by atoms with Crippen LogP contribution in [-0.4, -0.2) is 283 Å². The van der Waals surface area contributed by atoms with Crippen molar-refractivity contribution < 1.29 is 93.0 Å². The van der Waals surface area contributed by atoms with Crippen LogP contribution >= 0.6 is 35.3 Å². The molecule has 0 aliphatic carbocycles. The van der Waals surface area contributed by atoms with Crippen molar-refractivity contribution in [2.45, 2.75) is 156 Å². The number of carboxylic acid groups (broad SMARTS) is 5. The first-order valence-corrected chi connectivity index (χ1v) is 36.8. The second-order valence-corrected chi connectivity index (χ2v) is 28.1. The number of thioether (sulfide) groups is 3. The molecule has 0 spiro atoms. The minimum absolute atomic E-state index is 0.0443. The molecule has 9 atom stereocenters. The Morgan fingerprint density at radius 3 is 1.83 bits per heavy atom. The van der Waals surface area contributed by atoms with Crippen molar-refractivity contribution in [3.8, 4) is 0 Å². The number of carboxylic acids is 5. The van der Waals surface area contributed by atoms with E-state index in [-0.39, 0.29) is 121 Å². The molecule has 31 nitrogen and oxygen atoms in total. The maximum atomic E-state index is 14.8. The highest BCUT2D eigenvalue weighted by Crippen LogP contribution is 2.28. The Hall–Kier alpha value is -7.76. The van der Waals surface area contributed by atoms with Crippen molar-refractivity contribution in [3.63, 3.8) is 0 Å². The summed E-state index contributed by atoms with van der Waals surface area (Å²) in [7, 11) is 0. The molecule has 4 aliphatic heterocycles. The van der Waals surface area contributed by atoms with Gasteiger partial charge < -0.3 is 77.7 Å². The SMILES string of the molecule is CCCCNC(=O)N[C@H]1CSCc2cc(CSCCNC(=O)CCC(C(=O)O)N3CCN(CC(=O)O)CCN(CC(=O)O)CC3)cc(c2)CSC[C@@H](C(=O)O)NC(=O)[C@H](Cc2ccccc2)NC(=O)[C@H](CCC(=O)O)NC(=O)[C@H]([C@@H](C)O)NC(=O)[C@@H]2CCCN2C(=O)[C@@H]2CCCN2C1=O. The molecule has 1 unspecified atom stereocenters. The summed E-state index contributed by atoms with van der Waals surface area (Å²) in [6.45, 7) is 4.59. The Balaban J connectivity index is 1.25. The number of carbonyl (C=O) groups excluding carboxylic acids is 8. The number of benzene rings is 2. The van der Waals surface area contributed by atoms with Gasteiger partial charge in [-0.2, -0.15) is 35.3 Å². The van der Waals surface area contributed by atoms with Crippen LogP contribution in [0.3, 0.4) is 0 Å². The molecule has 3 fully saturated rings. The molecule has 0 radical (unpaired) electrons. The summed E-state index contributed by atoms with van der Waals surface area (Å²) in [4.78, 5) is 182. The van der Waals surface area contributed by atoms with Gasteiger partial charge in [-0.3, -0.25) is 67.4 Å². The van der Waals surface area contributed by atoms with Gasteiger partial charge in [0.2, 0.25) is 41.4 Å². The van der Waals surface area contributed by atoms with Gasteiger partial charge in [0.25, 0.3) is 0 Å². The van der Waals surface area contributed by atoms with Crippen LogP contribution in [0.5, 0.6) is 0 Å². The second kappa shape index (κ2) is 41.1. The van der Waals surface area contributed by atoms with Gasteiger partial charge in [-0.05, 0) is 74.1 Å². The molecule has 4 aliphatic rings. The highest BCUT2D eigenvalue weighted by atomic mass is 32.2. The minimum Gasteiger partial charge on any atom is -0.481 e. The smallest absolute Gasteiger partial charge is 0.327 e. The average Bonchev–Trinajstić information content (AvgIpc) is 1.68. The van der Waals surface area contributed by atoms with E-state index >= 15 is 0 Å². The summed E-state index contributed by atoms with van der Waals surface area (Å²) in [5.74, 6) is -10.3. The number of rotatable bonds is 25. The largest absolute Gasteiger partial charge is 0.481 e. The maximum Gasteiger partial charge on any atom is 0.327 e. The first-order valence-electron chi connectivity index (χ1n) is 33.3. The number of aliphatic carboxylic acids is 5. The molecule has 2 aromatic carbocycles. The Bertz CT molecular complexity index is 3110. The van der Waals surface area contributed by atoms with Crippen LogP contribution < -0.4 is 37.2 Å². The molecule has 2 bridgehead atoms. The van der Waals surface area contributed by atoms with Crippen molar-refractivity contribution in [3.05, 3.63) is 70.8 Å². The summed E-state index contributed by atoms with van der Waals surface area (Å²) in [6, 6.07) is 2.66. The number of nitrogens with one attached hydrogen (secondary N) is 7. The monoisotopic (exact) mass is 1440 g/mol. The molecule has 34 heteroatoms. The van der Waals surface area contributed by atoms with Gasteiger partial charge in [-0.15, -0.1) is 0 Å². The zero-order valence-corrected chi connectivity index (χ0v) is 58.2. The molecule has 99 heavy (non-hydrogen) atoms. The Morgan fingerprint density at radius 1 is 0.636 bits per heavy atom. The number of nitrogens with zero attached hydrogens (tertiary/aromatic N) is 5. The standard InChI is InChI=1S/C65H94N12O19S3/c1-3-4-18-67-65(96)71-47-38-98-36-43-29-42(35-97-28-19-66-52(79)16-15-51(64(94)95)75-26-24-73(33-54(82)83)22-23-74(25-27-75)34-55(84)85)30-44(31-43)37-99-39-48(63(92)93)70-58(87)46(32-41-10-6-5-7-11-41)69-57(86)45(14-17-53(80)81)68-60(89)56(40(2)78)72-59(88)49-12-8-20-76(49)62(91)50-13-9-21-77(50)61(47)90/h5-7,10-11,29-31,40,45-51,56,78H,3-4,8-9,12-28,32-39H2,1-2H3,(H,66,79)(H,68,89)(H,69,86)(H,70,87)(H,72,88)(H,80,81)(H,82,83)(H,84,85)(H,92,93)(H,94,95)(H2,67,71,96)/t40-,45+,46+,47+,48+,49+,50+,51?,56+/m1/s1. The molecular weight excluding hydrogens is 1350 g/mol. The van der Waals surface area contributed by atoms with Crippen molar-refractivity contribution in [1.82, 2.24) is 61.7 Å². The van der Waals surface area contributed by atoms with Crippen molar-refractivity contribution in [2.75, 3.05) is 95.8 Å². The predicted molar refractivity (Wildman–Crippen MR) is 367 cm³/mol. The van der Waals surface area contributed by atoms with E-state index < -0.39 is 145 Å². The highest BCUT2D eigenvalue weighted by Gasteiger charge is 2.45. The Kier molecular flexibility index (Phi) is 33.3. The van der Waals surface area contributed by atoms with Crippen LogP contribution in [0.4, 0.5) is 4.79 Å². The van der Waals surface area contributed by atoms with Gasteiger partial charge in [0.15, 0.2) is 0 Å². The Labute approximate surface area is 587 Å². The lowest BCUT2D eigenvalue weighted by Crippen LogP contribution is -2.61. The normalized spacial score (nSPS) is 23.3. The molecule has 0 saturated carbocycles. The first kappa shape index (κ1) is 80.2. The third-order valence-corrected chi connectivity index (χ3v) is 20.5. The van der Waals surface area contributed by atoms with E-state index in [1.54, 1.807) is 45.0 Å². The van der Waals surface area contributed by atoms with Crippen LogP contribution in [0.1, 0.15) is 100 Å². The minimum atomic E-state index is -1.75. The van der Waals surface area contributed by atoms with Crippen LogP contribution in [0.15, 0.2) is 48.5 Å². The van der Waals surface area contributed by atoms with Crippen molar-refractivity contribution in [1.29, 1.82) is 0 Å². The van der Waals surface area contributed by atoms with Gasteiger partial charge in [0.1, 0.15) is 48.3 Å². The number of aliphatic hydroxyl groups is 1. The molecule has 2 aromatic rings. The Morgan fingerprint density at radius 2 is 1.23 bits per heavy atom. The lowest BCUT2D eigenvalue weighted by molar-refractivity contribution is -0.147. The fourth-order valence-corrected chi connectivity index (χ4v) is 14.9. The number of hydrogen-bond donors (Lipinski definition) is 13. The lowest BCUT2D eigenvalue weighted by atomic mass is 10.0. The molecule has 0 aromatic heterocycles. The molecule has 6 rings (SSSR count). The molecule has 546 valence electrons. The average molecular weight is 1440 g/mol. The quantitative estimate of drug-likeness (QED) is 0.0573. The van der Waals surface area contributed by atoms with E-state index in [4.69, 9.17) is 0 Å². The number of urea groups is 1. The second-order valence-electron chi connectivity index (χ2n) is 24.9. The third-order valence-electron chi connectivity index (χ3n) is 17.2. The van der Waals surface area contributed by atoms with Crippen molar-refractivity contribution in [2.24, 2.45) is 0 Å². The summed E-state index contributed by atoms with van der Waals surface area (Å²) < 4.78 is 0. The van der Waals surface area contributed by atoms with Gasteiger partial charge in [-0.25, -0.2) is 9.59 Å². The molecule has 4 heterocycles. The van der Waals surface area contributed by atoms with E-state index in [0.717, 1.165) is 23.1 Å². The third kappa shape index (κ3) is 26.7. The fraction of sp³-hybridized carbons (Fsp3) is 0.615. The number of hydrogen-bond acceptors (Lipinski definition) is 20. The zero-order valence-electron chi connectivity index (χ0n) is 55.8. The van der Waals surface area contributed by atoms with Gasteiger partial charge in [0, 0.05) is 119 Å². The van der Waals surface area contributed by atoms with E-state index in [9.17, 15) is 93.0 Å². The topological polar surface area (TPSA) is 444 Å². The van der Waals surface area contributed by atoms with Crippen LogP contribution in [0, 0.1) is 0 Å². The number of unbranched alkanes of at least 4 members (excludes halogenated alkanes) is 1. The van der Waals surface area contributed by atoms with Crippen LogP contribution in [0.2, 0.25) is 0 Å². The van der Waals surface area contributed by atoms with Crippen LogP contribution in [0.25, 0.3) is 0 Å². The summed E-state index contributed by atoms with van der Waals surface area (Å²) in [5, 5.41) is 79.0. The van der Waals surface area contributed by atoms with Gasteiger partial charge in [-0.1, -0.05) is 61.9 Å². The van der Waals surface area contributed by atoms with E-state index in [1.807, 2.05) is 25.1 Å². The number of carbonyl (C=O) groups is 13. The summed E-state index contributed by atoms with van der Waals surface area (Å²) >= 11 is 3.98. The number of aliphatic hydroxyl groups excluding tert-OH is 1. The zero-order chi connectivity index (χ0) is 72.1. The highest BCUT2D eigenvalue weighted by molar-refractivity contribution is 7.99. The summed E-state index contributed by atoms with van der Waals surface area (Å²) in [6.07, 6.45) is -0.605. The molecule has 13 N–H and O–H groups in total. The van der Waals surface area contributed by atoms with Crippen molar-refractivity contribution >= 4 is 113 Å². The van der Waals surface area contributed by atoms with E-state index in [1.165, 1.54) is 52.0 Å². The summed E-state index contributed by atoms with van der Waals surface area (Å²) in [5.41, 5.74) is 2.89. The van der Waals surface area contributed by atoms with E-state index in [0.29, 0.717) is 48.6 Å². The maximum absolute atomic E-state index is 14.8. The molecule has 9 amide bonds. The van der Waals surface area contributed by atoms with Gasteiger partial charge in [0.05, 0.1) is 19.2 Å². The lowest BCUT2D eigenvalue weighted by Gasteiger charge is -2.33. The first-order chi connectivity index (χ1) is 47.3. The van der Waals surface area contributed by atoms with Crippen LogP contribution in [-0.2, 0) is 81.2 Å². The van der Waals surface area contributed by atoms with E-state index in [2.05, 4.69) is 37.2 Å².